The number of amides is 2. The fourth-order valence-electron chi connectivity index (χ4n) is 4.57. The number of benzene rings is 1. The van der Waals surface area contributed by atoms with Crippen LogP contribution in [0, 0.1) is 20.8 Å². The van der Waals surface area contributed by atoms with Gasteiger partial charge in [0.2, 0.25) is 0 Å². The normalized spacial score (nSPS) is 26.7. The monoisotopic (exact) mass is 400 g/mol. The van der Waals surface area contributed by atoms with Crippen LogP contribution in [0.2, 0.25) is 0 Å². The van der Waals surface area contributed by atoms with Gasteiger partial charge in [-0.15, -0.1) is 0 Å². The molecular formula is C23H32N2O4. The van der Waals surface area contributed by atoms with E-state index in [1.807, 2.05) is 20.8 Å². The number of hydrogen-bond donors (Lipinski definition) is 1. The maximum Gasteiger partial charge on any atom is 0.414 e. The fraction of sp³-hybridized carbons (Fsp3) is 0.565. The molecule has 2 aliphatic rings. The van der Waals surface area contributed by atoms with Gasteiger partial charge in [-0.2, -0.15) is 0 Å². The molecule has 3 rings (SSSR count). The maximum atomic E-state index is 13.2. The highest BCUT2D eigenvalue weighted by Crippen LogP contribution is 2.47. The van der Waals surface area contributed by atoms with Gasteiger partial charge in [-0.05, 0) is 70.1 Å². The topological polar surface area (TPSA) is 67.9 Å². The van der Waals surface area contributed by atoms with E-state index in [2.05, 4.69) is 24.4 Å². The molecule has 6 heteroatoms. The van der Waals surface area contributed by atoms with Crippen molar-refractivity contribution < 1.29 is 19.1 Å². The van der Waals surface area contributed by atoms with Crippen molar-refractivity contribution in [2.75, 3.05) is 21.2 Å². The Morgan fingerprint density at radius 1 is 1.07 bits per heavy atom. The lowest BCUT2D eigenvalue weighted by molar-refractivity contribution is -0.117. The van der Waals surface area contributed by atoms with Crippen LogP contribution in [0.15, 0.2) is 17.9 Å². The number of rotatable bonds is 3. The summed E-state index contributed by atoms with van der Waals surface area (Å²) in [5.41, 5.74) is 3.56. The van der Waals surface area contributed by atoms with Gasteiger partial charge < -0.3 is 19.7 Å². The zero-order valence-electron chi connectivity index (χ0n) is 18.6. The minimum absolute atomic E-state index is 0.178. The van der Waals surface area contributed by atoms with Gasteiger partial charge in [-0.25, -0.2) is 4.79 Å². The van der Waals surface area contributed by atoms with Gasteiger partial charge in [0.25, 0.3) is 5.91 Å². The molecule has 1 N–H and O–H groups in total. The standard InChI is InChI=1S/C23H32N2O4/c1-14-12-15(2)17(16(3)13-14)18-19(29-21(27)25(5)6)23(24-20(18)26)10-8-22(4,28-7)9-11-23/h12-13H,8-11H2,1-7H3,(H,24,26). The van der Waals surface area contributed by atoms with E-state index in [0.29, 0.717) is 24.2 Å². The van der Waals surface area contributed by atoms with Crippen molar-refractivity contribution in [2.45, 2.75) is 64.5 Å². The van der Waals surface area contributed by atoms with Gasteiger partial charge in [-0.3, -0.25) is 4.79 Å². The number of carbonyl (C=O) groups excluding carboxylic acids is 2. The first-order valence-corrected chi connectivity index (χ1v) is 10.1. The Morgan fingerprint density at radius 2 is 1.62 bits per heavy atom. The smallest absolute Gasteiger partial charge is 0.411 e. The lowest BCUT2D eigenvalue weighted by Crippen LogP contribution is -2.51. The van der Waals surface area contributed by atoms with Crippen molar-refractivity contribution >= 4 is 17.6 Å². The van der Waals surface area contributed by atoms with Gasteiger partial charge in [0.05, 0.1) is 16.7 Å². The number of ether oxygens (including phenoxy) is 2. The lowest BCUT2D eigenvalue weighted by atomic mass is 9.73. The van der Waals surface area contributed by atoms with Crippen LogP contribution in [0.4, 0.5) is 4.79 Å². The molecule has 0 saturated heterocycles. The predicted octanol–water partition coefficient (Wildman–Crippen LogP) is 3.87. The third kappa shape index (κ3) is 3.78. The number of nitrogens with zero attached hydrogens (tertiary/aromatic N) is 1. The van der Waals surface area contributed by atoms with Crippen molar-refractivity contribution in [2.24, 2.45) is 0 Å². The van der Waals surface area contributed by atoms with Gasteiger partial charge in [0.1, 0.15) is 5.76 Å². The van der Waals surface area contributed by atoms with Crippen molar-refractivity contribution in [3.63, 3.8) is 0 Å². The summed E-state index contributed by atoms with van der Waals surface area (Å²) in [6.45, 7) is 8.11. The molecule has 0 atom stereocenters. The molecule has 0 aromatic heterocycles. The van der Waals surface area contributed by atoms with E-state index in [0.717, 1.165) is 35.1 Å². The average Bonchev–Trinajstić information content (AvgIpc) is 2.89. The third-order valence-corrected chi connectivity index (χ3v) is 6.38. The van der Waals surface area contributed by atoms with Gasteiger partial charge in [0, 0.05) is 21.2 Å². The maximum absolute atomic E-state index is 13.2. The number of nitrogens with one attached hydrogen (secondary N) is 1. The Kier molecular flexibility index (Phi) is 5.52. The van der Waals surface area contributed by atoms with Gasteiger partial charge >= 0.3 is 6.09 Å². The second-order valence-electron chi connectivity index (χ2n) is 8.93. The first kappa shape index (κ1) is 21.4. The summed E-state index contributed by atoms with van der Waals surface area (Å²) in [6, 6.07) is 4.11. The molecule has 158 valence electrons. The van der Waals surface area contributed by atoms with Crippen LogP contribution >= 0.6 is 0 Å². The summed E-state index contributed by atoms with van der Waals surface area (Å²) in [4.78, 5) is 27.1. The average molecular weight is 401 g/mol. The molecule has 1 spiro atoms. The Hall–Kier alpha value is -2.34. The minimum atomic E-state index is -0.681. The fourth-order valence-corrected chi connectivity index (χ4v) is 4.57. The van der Waals surface area contributed by atoms with Crippen LogP contribution in [0.25, 0.3) is 5.57 Å². The summed E-state index contributed by atoms with van der Waals surface area (Å²) < 4.78 is 11.6. The first-order chi connectivity index (χ1) is 13.5. The quantitative estimate of drug-likeness (QED) is 0.836. The molecule has 1 aromatic rings. The summed E-state index contributed by atoms with van der Waals surface area (Å²) in [5, 5.41) is 3.18. The summed E-state index contributed by atoms with van der Waals surface area (Å²) in [7, 11) is 5.01. The molecule has 6 nitrogen and oxygen atoms in total. The second kappa shape index (κ2) is 7.48. The third-order valence-electron chi connectivity index (χ3n) is 6.38. The summed E-state index contributed by atoms with van der Waals surface area (Å²) >= 11 is 0. The van der Waals surface area contributed by atoms with Crippen LogP contribution in [-0.4, -0.2) is 49.2 Å². The van der Waals surface area contributed by atoms with E-state index in [1.54, 1.807) is 21.2 Å². The minimum Gasteiger partial charge on any atom is -0.411 e. The van der Waals surface area contributed by atoms with Gasteiger partial charge in [0.15, 0.2) is 0 Å². The van der Waals surface area contributed by atoms with E-state index in [1.165, 1.54) is 4.90 Å². The molecule has 1 aromatic carbocycles. The van der Waals surface area contributed by atoms with Crippen molar-refractivity contribution in [3.8, 4) is 0 Å². The van der Waals surface area contributed by atoms with E-state index in [-0.39, 0.29) is 11.5 Å². The second-order valence-corrected chi connectivity index (χ2v) is 8.93. The molecule has 1 aliphatic heterocycles. The molecule has 1 fully saturated rings. The predicted molar refractivity (Wildman–Crippen MR) is 112 cm³/mol. The van der Waals surface area contributed by atoms with E-state index < -0.39 is 11.6 Å². The molecule has 1 heterocycles. The Bertz CT molecular complexity index is 854. The van der Waals surface area contributed by atoms with E-state index in [9.17, 15) is 9.59 Å². The lowest BCUT2D eigenvalue weighted by Gasteiger charge is -2.42. The molecule has 1 saturated carbocycles. The Labute approximate surface area is 173 Å². The van der Waals surface area contributed by atoms with Crippen molar-refractivity contribution in [3.05, 3.63) is 40.1 Å². The zero-order chi connectivity index (χ0) is 21.6. The number of methoxy groups -OCH3 is 1. The van der Waals surface area contributed by atoms with Crippen molar-refractivity contribution in [1.82, 2.24) is 10.2 Å². The van der Waals surface area contributed by atoms with Crippen LogP contribution < -0.4 is 5.32 Å². The highest BCUT2D eigenvalue weighted by Gasteiger charge is 2.52. The van der Waals surface area contributed by atoms with Crippen LogP contribution in [0.3, 0.4) is 0 Å². The van der Waals surface area contributed by atoms with Crippen LogP contribution in [-0.2, 0) is 14.3 Å². The number of carbonyl (C=O) groups is 2. The molecule has 0 unspecified atom stereocenters. The van der Waals surface area contributed by atoms with E-state index >= 15 is 0 Å². The molecule has 2 amide bonds. The SMILES string of the molecule is COC1(C)CCC2(CC1)NC(=O)C(c1c(C)cc(C)cc1C)=C2OC(=O)N(C)C. The van der Waals surface area contributed by atoms with Gasteiger partial charge in [-0.1, -0.05) is 17.7 Å². The Morgan fingerprint density at radius 3 is 2.10 bits per heavy atom. The van der Waals surface area contributed by atoms with Crippen LogP contribution in [0.1, 0.15) is 54.9 Å². The van der Waals surface area contributed by atoms with Crippen molar-refractivity contribution in [1.29, 1.82) is 0 Å². The number of aryl methyl sites for hydroxylation is 3. The first-order valence-electron chi connectivity index (χ1n) is 10.1. The molecular weight excluding hydrogens is 368 g/mol. The Balaban J connectivity index is 2.16. The summed E-state index contributed by atoms with van der Waals surface area (Å²) in [5.74, 6) is 0.275. The molecule has 29 heavy (non-hydrogen) atoms. The zero-order valence-corrected chi connectivity index (χ0v) is 18.6. The molecule has 0 radical (unpaired) electrons. The highest BCUT2D eigenvalue weighted by atomic mass is 16.6. The van der Waals surface area contributed by atoms with E-state index in [4.69, 9.17) is 9.47 Å². The number of hydrogen-bond acceptors (Lipinski definition) is 4. The highest BCUT2D eigenvalue weighted by molar-refractivity contribution is 6.24. The summed E-state index contributed by atoms with van der Waals surface area (Å²) in [6.07, 6.45) is 2.38. The molecule has 0 bridgehead atoms. The van der Waals surface area contributed by atoms with Crippen LogP contribution in [0.5, 0.6) is 0 Å². The largest absolute Gasteiger partial charge is 0.414 e. The molecule has 1 aliphatic carbocycles.